The van der Waals surface area contributed by atoms with E-state index in [0.29, 0.717) is 18.7 Å². The monoisotopic (exact) mass is 386 g/mol. The highest BCUT2D eigenvalue weighted by Gasteiger charge is 2.16. The first-order valence-electron chi connectivity index (χ1n) is 9.88. The summed E-state index contributed by atoms with van der Waals surface area (Å²) < 4.78 is 0. The van der Waals surface area contributed by atoms with E-state index >= 15 is 0 Å². The molecule has 0 radical (unpaired) electrons. The lowest BCUT2D eigenvalue weighted by molar-refractivity contribution is -0.118. The molecule has 0 heterocycles. The van der Waals surface area contributed by atoms with Crippen molar-refractivity contribution >= 4 is 17.5 Å². The number of amides is 2. The maximum Gasteiger partial charge on any atom is 0.251 e. The highest BCUT2D eigenvalue weighted by Crippen LogP contribution is 2.16. The van der Waals surface area contributed by atoms with Crippen LogP contribution in [-0.4, -0.2) is 24.9 Å². The van der Waals surface area contributed by atoms with Crippen LogP contribution < -0.4 is 10.2 Å². The van der Waals surface area contributed by atoms with Crippen molar-refractivity contribution in [2.24, 2.45) is 0 Å². The average Bonchev–Trinajstić information content (AvgIpc) is 2.75. The molecule has 3 aromatic rings. The Labute approximate surface area is 172 Å². The molecule has 0 bridgehead atoms. The summed E-state index contributed by atoms with van der Waals surface area (Å²) in [4.78, 5) is 27.1. The first kappa shape index (κ1) is 20.3. The number of anilines is 1. The molecular formula is C25H26N2O2. The van der Waals surface area contributed by atoms with Crippen molar-refractivity contribution in [3.05, 3.63) is 102 Å². The van der Waals surface area contributed by atoms with Gasteiger partial charge in [-0.2, -0.15) is 0 Å². The molecule has 0 aliphatic rings. The quantitative estimate of drug-likeness (QED) is 0.624. The number of carbonyl (C=O) groups excluding carboxylic acids is 2. The van der Waals surface area contributed by atoms with E-state index in [1.807, 2.05) is 73.7 Å². The van der Waals surface area contributed by atoms with Gasteiger partial charge in [-0.3, -0.25) is 9.59 Å². The van der Waals surface area contributed by atoms with Crippen LogP contribution in [0.2, 0.25) is 0 Å². The molecule has 148 valence electrons. The van der Waals surface area contributed by atoms with Crippen LogP contribution in [0.25, 0.3) is 0 Å². The lowest BCUT2D eigenvalue weighted by Gasteiger charge is -2.23. The number of aryl methyl sites for hydroxylation is 1. The van der Waals surface area contributed by atoms with Crippen LogP contribution in [0.4, 0.5) is 5.69 Å². The molecule has 0 fully saturated rings. The molecule has 1 N–H and O–H groups in total. The fourth-order valence-corrected chi connectivity index (χ4v) is 3.23. The van der Waals surface area contributed by atoms with Crippen LogP contribution in [0.15, 0.2) is 84.9 Å². The number of nitrogens with one attached hydrogen (secondary N) is 1. The third-order valence-electron chi connectivity index (χ3n) is 4.85. The third kappa shape index (κ3) is 5.79. The smallest absolute Gasteiger partial charge is 0.251 e. The Morgan fingerprint density at radius 3 is 2.14 bits per heavy atom. The van der Waals surface area contributed by atoms with Crippen molar-refractivity contribution in [3.63, 3.8) is 0 Å². The molecule has 0 unspecified atom stereocenters. The van der Waals surface area contributed by atoms with E-state index in [9.17, 15) is 9.59 Å². The molecule has 0 spiro atoms. The standard InChI is InChI=1S/C25H26N2O2/c1-20-10-8-9-15-23(20)25(29)26-18-16-24(28)27(22-13-6-3-7-14-22)19-17-21-11-4-2-5-12-21/h2-15H,16-19H2,1H3,(H,26,29). The van der Waals surface area contributed by atoms with Gasteiger partial charge in [0.1, 0.15) is 0 Å². The number of benzene rings is 3. The molecule has 0 atom stereocenters. The van der Waals surface area contributed by atoms with Crippen molar-refractivity contribution < 1.29 is 9.59 Å². The van der Waals surface area contributed by atoms with Gasteiger partial charge in [-0.1, -0.05) is 66.7 Å². The summed E-state index contributed by atoms with van der Waals surface area (Å²) in [5.41, 5.74) is 3.63. The van der Waals surface area contributed by atoms with E-state index in [1.165, 1.54) is 5.56 Å². The van der Waals surface area contributed by atoms with Gasteiger partial charge in [0, 0.05) is 30.8 Å². The Bertz CT molecular complexity index is 939. The zero-order chi connectivity index (χ0) is 20.5. The molecule has 0 saturated heterocycles. The highest BCUT2D eigenvalue weighted by molar-refractivity contribution is 5.97. The SMILES string of the molecule is Cc1ccccc1C(=O)NCCC(=O)N(CCc1ccccc1)c1ccccc1. The topological polar surface area (TPSA) is 49.4 Å². The van der Waals surface area contributed by atoms with Gasteiger partial charge in [0.25, 0.3) is 5.91 Å². The second-order valence-electron chi connectivity index (χ2n) is 6.94. The Morgan fingerprint density at radius 1 is 0.828 bits per heavy atom. The Balaban J connectivity index is 1.60. The van der Waals surface area contributed by atoms with Crippen LogP contribution >= 0.6 is 0 Å². The van der Waals surface area contributed by atoms with Crippen molar-refractivity contribution in [1.82, 2.24) is 5.32 Å². The van der Waals surface area contributed by atoms with Crippen molar-refractivity contribution in [2.75, 3.05) is 18.0 Å². The van der Waals surface area contributed by atoms with Gasteiger partial charge in [-0.15, -0.1) is 0 Å². The van der Waals surface area contributed by atoms with E-state index in [2.05, 4.69) is 17.4 Å². The largest absolute Gasteiger partial charge is 0.352 e. The highest BCUT2D eigenvalue weighted by atomic mass is 16.2. The van der Waals surface area contributed by atoms with Crippen molar-refractivity contribution in [3.8, 4) is 0 Å². The Kier molecular flexibility index (Phi) is 7.17. The van der Waals surface area contributed by atoms with Gasteiger partial charge >= 0.3 is 0 Å². The lowest BCUT2D eigenvalue weighted by Crippen LogP contribution is -2.36. The second-order valence-corrected chi connectivity index (χ2v) is 6.94. The number of hydrogen-bond acceptors (Lipinski definition) is 2. The summed E-state index contributed by atoms with van der Waals surface area (Å²) in [6, 6.07) is 27.2. The fraction of sp³-hybridized carbons (Fsp3) is 0.200. The van der Waals surface area contributed by atoms with Gasteiger partial charge in [0.05, 0.1) is 0 Å². The van der Waals surface area contributed by atoms with E-state index in [0.717, 1.165) is 17.7 Å². The summed E-state index contributed by atoms with van der Waals surface area (Å²) >= 11 is 0. The Morgan fingerprint density at radius 2 is 1.45 bits per heavy atom. The van der Waals surface area contributed by atoms with E-state index in [-0.39, 0.29) is 18.2 Å². The maximum absolute atomic E-state index is 12.9. The van der Waals surface area contributed by atoms with Crippen LogP contribution in [0.3, 0.4) is 0 Å². The zero-order valence-electron chi connectivity index (χ0n) is 16.7. The molecule has 3 rings (SSSR count). The van der Waals surface area contributed by atoms with Crippen LogP contribution in [0.5, 0.6) is 0 Å². The maximum atomic E-state index is 12.9. The molecule has 2 amide bonds. The van der Waals surface area contributed by atoms with Crippen LogP contribution in [0.1, 0.15) is 27.9 Å². The minimum atomic E-state index is -0.147. The number of hydrogen-bond donors (Lipinski definition) is 1. The average molecular weight is 386 g/mol. The molecule has 0 aliphatic heterocycles. The first-order valence-corrected chi connectivity index (χ1v) is 9.88. The van der Waals surface area contributed by atoms with Gasteiger partial charge in [0.2, 0.25) is 5.91 Å². The van der Waals surface area contributed by atoms with E-state index < -0.39 is 0 Å². The van der Waals surface area contributed by atoms with E-state index in [4.69, 9.17) is 0 Å². The molecule has 0 aromatic heterocycles. The molecule has 29 heavy (non-hydrogen) atoms. The van der Waals surface area contributed by atoms with Crippen molar-refractivity contribution in [2.45, 2.75) is 19.8 Å². The van der Waals surface area contributed by atoms with Gasteiger partial charge in [0.15, 0.2) is 0 Å². The summed E-state index contributed by atoms with van der Waals surface area (Å²) in [5, 5.41) is 2.86. The van der Waals surface area contributed by atoms with Crippen LogP contribution in [0, 0.1) is 6.92 Å². The summed E-state index contributed by atoms with van der Waals surface area (Å²) in [5.74, 6) is -0.149. The normalized spacial score (nSPS) is 10.4. The number of rotatable bonds is 8. The fourth-order valence-electron chi connectivity index (χ4n) is 3.23. The molecule has 4 heteroatoms. The second kappa shape index (κ2) is 10.2. The Hall–Kier alpha value is -3.40. The molecule has 0 aliphatic carbocycles. The number of nitrogens with zero attached hydrogens (tertiary/aromatic N) is 1. The minimum absolute atomic E-state index is 0.00258. The zero-order valence-corrected chi connectivity index (χ0v) is 16.7. The predicted octanol–water partition coefficient (Wildman–Crippen LogP) is 4.39. The summed E-state index contributed by atoms with van der Waals surface area (Å²) in [6.45, 7) is 2.81. The lowest BCUT2D eigenvalue weighted by atomic mass is 10.1. The van der Waals surface area contributed by atoms with Crippen LogP contribution in [-0.2, 0) is 11.2 Å². The van der Waals surface area contributed by atoms with Gasteiger partial charge in [-0.25, -0.2) is 0 Å². The summed E-state index contributed by atoms with van der Waals surface area (Å²) in [7, 11) is 0. The van der Waals surface area contributed by atoms with Gasteiger partial charge < -0.3 is 10.2 Å². The number of para-hydroxylation sites is 1. The number of carbonyl (C=O) groups is 2. The minimum Gasteiger partial charge on any atom is -0.352 e. The molecular weight excluding hydrogens is 360 g/mol. The predicted molar refractivity (Wildman–Crippen MR) is 117 cm³/mol. The van der Waals surface area contributed by atoms with Gasteiger partial charge in [-0.05, 0) is 42.7 Å². The first-order chi connectivity index (χ1) is 14.1. The third-order valence-corrected chi connectivity index (χ3v) is 4.85. The molecule has 4 nitrogen and oxygen atoms in total. The molecule has 3 aromatic carbocycles. The van der Waals surface area contributed by atoms with E-state index in [1.54, 1.807) is 11.0 Å². The summed E-state index contributed by atoms with van der Waals surface area (Å²) in [6.07, 6.45) is 1.03. The molecule has 0 saturated carbocycles. The van der Waals surface area contributed by atoms with Crippen molar-refractivity contribution in [1.29, 1.82) is 0 Å².